The van der Waals surface area contributed by atoms with Gasteiger partial charge in [-0.05, 0) is 167 Å². The molecule has 0 saturated heterocycles. The molecule has 0 amide bonds. The Kier molecular flexibility index (Phi) is 27.6. The first kappa shape index (κ1) is 64.3. The predicted octanol–water partition coefficient (Wildman–Crippen LogP) is 17.1. The molecule has 0 aromatic carbocycles. The van der Waals surface area contributed by atoms with Crippen molar-refractivity contribution in [2.75, 3.05) is 13.2 Å². The zero-order valence-corrected chi connectivity index (χ0v) is 51.4. The van der Waals surface area contributed by atoms with Gasteiger partial charge in [0.2, 0.25) is 11.6 Å². The average molecular weight is 1160 g/mol. The van der Waals surface area contributed by atoms with Crippen molar-refractivity contribution in [1.29, 1.82) is 0 Å². The van der Waals surface area contributed by atoms with Gasteiger partial charge >= 0.3 is 24.0 Å². The molecule has 3 saturated carbocycles. The van der Waals surface area contributed by atoms with Crippen molar-refractivity contribution in [2.45, 2.75) is 237 Å². The number of fused-ring (bicyclic) bond motifs is 3. The summed E-state index contributed by atoms with van der Waals surface area (Å²) in [6.07, 6.45) is 40.3. The molecule has 4 aromatic rings. The highest BCUT2D eigenvalue weighted by Gasteiger charge is 2.61. The minimum Gasteiger partial charge on any atom is -0.461 e. The van der Waals surface area contributed by atoms with E-state index in [2.05, 4.69) is 105 Å². The minimum absolute atomic E-state index is 0.188. The highest BCUT2D eigenvalue weighted by atomic mass is 32.1. The van der Waals surface area contributed by atoms with Gasteiger partial charge in [-0.3, -0.25) is 9.59 Å². The first-order valence-electron chi connectivity index (χ1n) is 31.7. The molecular weight excluding hydrogens is 1060 g/mol. The molecule has 3 fully saturated rings. The molecule has 3 aliphatic rings. The van der Waals surface area contributed by atoms with Crippen molar-refractivity contribution in [3.63, 3.8) is 0 Å². The average Bonchev–Trinajstić information content (AvgIpc) is 4.37. The largest absolute Gasteiger partial charge is 0.461 e. The van der Waals surface area contributed by atoms with E-state index in [-0.39, 0.29) is 24.0 Å². The van der Waals surface area contributed by atoms with Crippen LogP contribution < -0.4 is 9.47 Å². The minimum atomic E-state index is -0.411. The standard InChI is InChI=1S/C66H96N8O6S2/c1-7-13-28-42-66(43-29-14-8-2)54-46-48(56-38-40-58(81-56)62-67-71-64(72-68-62)77-44-30-24-20-16-15-18-22-26-32-60(75)79-50(9-3)10-4)34-36-52(54)53-37-35-49(47-55(53)66)57-39-41-59(82-57)63-69-73-65(74-70-63)78-45-31-25-21-17-19-23-27-33-61(76)80-51(11-5)12-6/h9-12,38-41,48-55H,3-8,13-37,42-47H2,1-2H3. The van der Waals surface area contributed by atoms with E-state index in [4.69, 9.17) is 18.9 Å². The van der Waals surface area contributed by atoms with E-state index in [1.165, 1.54) is 106 Å². The number of nitrogens with zero attached hydrogens (tertiary/aromatic N) is 8. The van der Waals surface area contributed by atoms with Crippen molar-refractivity contribution in [2.24, 2.45) is 29.1 Å². The van der Waals surface area contributed by atoms with Crippen LogP contribution in [-0.2, 0) is 19.1 Å². The maximum atomic E-state index is 12.0. The second-order valence-electron chi connectivity index (χ2n) is 23.5. The summed E-state index contributed by atoms with van der Waals surface area (Å²) in [5, 5.41) is 35.3. The van der Waals surface area contributed by atoms with Crippen molar-refractivity contribution < 1.29 is 28.5 Å². The number of ether oxygens (including phenoxy) is 4. The molecule has 448 valence electrons. The second kappa shape index (κ2) is 35.2. The molecule has 16 heteroatoms. The van der Waals surface area contributed by atoms with Crippen LogP contribution in [0.3, 0.4) is 0 Å². The molecule has 0 spiro atoms. The number of esters is 2. The molecule has 14 nitrogen and oxygen atoms in total. The van der Waals surface area contributed by atoms with Crippen LogP contribution in [0.2, 0.25) is 0 Å². The normalized spacial score (nSPS) is 20.0. The zero-order chi connectivity index (χ0) is 57.8. The van der Waals surface area contributed by atoms with Gasteiger partial charge in [-0.2, -0.15) is 0 Å². The van der Waals surface area contributed by atoms with Crippen molar-refractivity contribution in [1.82, 2.24) is 40.8 Å². The summed E-state index contributed by atoms with van der Waals surface area (Å²) in [5.41, 5.74) is 0.374. The van der Waals surface area contributed by atoms with Crippen LogP contribution in [0, 0.1) is 29.1 Å². The summed E-state index contributed by atoms with van der Waals surface area (Å²) in [7, 11) is 0. The van der Waals surface area contributed by atoms with E-state index in [0.29, 0.717) is 55.0 Å². The third-order valence-electron chi connectivity index (χ3n) is 18.0. The van der Waals surface area contributed by atoms with Crippen LogP contribution in [0.25, 0.3) is 21.4 Å². The van der Waals surface area contributed by atoms with E-state index < -0.39 is 12.2 Å². The molecule has 0 aliphatic heterocycles. The van der Waals surface area contributed by atoms with Gasteiger partial charge in [-0.1, -0.05) is 170 Å². The number of rotatable bonds is 41. The number of hydrogen-bond acceptors (Lipinski definition) is 16. The molecule has 0 N–H and O–H groups in total. The second-order valence-corrected chi connectivity index (χ2v) is 25.7. The highest BCUT2D eigenvalue weighted by Crippen LogP contribution is 2.69. The Bertz CT molecular complexity index is 2510. The van der Waals surface area contributed by atoms with Crippen LogP contribution in [-0.4, -0.2) is 78.1 Å². The van der Waals surface area contributed by atoms with Gasteiger partial charge in [0.25, 0.3) is 0 Å². The van der Waals surface area contributed by atoms with E-state index in [1.807, 2.05) is 22.7 Å². The van der Waals surface area contributed by atoms with E-state index in [9.17, 15) is 9.59 Å². The molecule has 6 atom stereocenters. The molecule has 82 heavy (non-hydrogen) atoms. The Labute approximate surface area is 498 Å². The molecule has 0 radical (unpaired) electrons. The van der Waals surface area contributed by atoms with Crippen molar-refractivity contribution in [3.8, 4) is 33.4 Å². The molecule has 4 aromatic heterocycles. The first-order valence-corrected chi connectivity index (χ1v) is 33.3. The van der Waals surface area contributed by atoms with Crippen LogP contribution in [0.4, 0.5) is 0 Å². The fourth-order valence-corrected chi connectivity index (χ4v) is 15.9. The summed E-state index contributed by atoms with van der Waals surface area (Å²) >= 11 is 3.68. The Morgan fingerprint density at radius 3 is 1.23 bits per heavy atom. The molecular formula is C66H96N8O6S2. The SMILES string of the molecule is C=CC(C=C)OC(=O)CCCCCCCCCCOc1nnc(-c2ccc(C3CCC4C5CCC(c6ccc(-c7nnc(OCCCCCCCCCC(=O)OC(C=C)C=C)nn7)s6)CC5C(CCCCC)(CCCCC)C4C3)s2)nn1. The number of unbranched alkanes of at least 4 members (excludes halogenated alkanes) is 17. The lowest BCUT2D eigenvalue weighted by atomic mass is 9.58. The van der Waals surface area contributed by atoms with E-state index >= 15 is 0 Å². The lowest BCUT2D eigenvalue weighted by Gasteiger charge is -2.46. The summed E-state index contributed by atoms with van der Waals surface area (Å²) in [6, 6.07) is 9.53. The molecule has 3 aliphatic carbocycles. The van der Waals surface area contributed by atoms with Gasteiger partial charge in [0, 0.05) is 22.6 Å². The van der Waals surface area contributed by atoms with Crippen LogP contribution in [0.1, 0.15) is 234 Å². The molecule has 7 rings (SSSR count). The van der Waals surface area contributed by atoms with Crippen LogP contribution >= 0.6 is 22.7 Å². The van der Waals surface area contributed by atoms with E-state index in [1.54, 1.807) is 24.3 Å². The third kappa shape index (κ3) is 19.2. The smallest absolute Gasteiger partial charge is 0.354 e. The number of carbonyl (C=O) groups excluding carboxylic acids is 2. The molecule has 4 heterocycles. The number of hydrogen-bond donors (Lipinski definition) is 0. The van der Waals surface area contributed by atoms with E-state index in [0.717, 1.165) is 123 Å². The quantitative estimate of drug-likeness (QED) is 0.0233. The Hall–Kier alpha value is -5.22. The van der Waals surface area contributed by atoms with Crippen molar-refractivity contribution in [3.05, 3.63) is 84.6 Å². The first-order chi connectivity index (χ1) is 40.2. The van der Waals surface area contributed by atoms with Gasteiger partial charge in [0.1, 0.15) is 12.2 Å². The van der Waals surface area contributed by atoms with Crippen LogP contribution in [0.15, 0.2) is 74.9 Å². The number of thiophene rings is 2. The van der Waals surface area contributed by atoms with Crippen LogP contribution in [0.5, 0.6) is 12.0 Å². The lowest BCUT2D eigenvalue weighted by Crippen LogP contribution is -2.37. The molecule has 6 unspecified atom stereocenters. The van der Waals surface area contributed by atoms with Gasteiger partial charge in [0.15, 0.2) is 0 Å². The summed E-state index contributed by atoms with van der Waals surface area (Å²) in [4.78, 5) is 28.9. The Balaban J connectivity index is 0.865. The van der Waals surface area contributed by atoms with Gasteiger partial charge < -0.3 is 18.9 Å². The predicted molar refractivity (Wildman–Crippen MR) is 330 cm³/mol. The maximum absolute atomic E-state index is 12.0. The summed E-state index contributed by atoms with van der Waals surface area (Å²) in [5.74, 6) is 4.96. The summed E-state index contributed by atoms with van der Waals surface area (Å²) < 4.78 is 22.3. The van der Waals surface area contributed by atoms with Crippen molar-refractivity contribution >= 4 is 34.6 Å². The highest BCUT2D eigenvalue weighted by molar-refractivity contribution is 7.15. The lowest BCUT2D eigenvalue weighted by molar-refractivity contribution is -0.146. The van der Waals surface area contributed by atoms with Gasteiger partial charge in [-0.15, -0.1) is 43.1 Å². The fraction of sp³-hybridized carbons (Fsp3) is 0.667. The topological polar surface area (TPSA) is 174 Å². The number of carbonyl (C=O) groups is 2. The van der Waals surface area contributed by atoms with Gasteiger partial charge in [-0.25, -0.2) is 0 Å². The fourth-order valence-electron chi connectivity index (χ4n) is 13.8. The zero-order valence-electron chi connectivity index (χ0n) is 49.7. The van der Waals surface area contributed by atoms with Gasteiger partial charge in [0.05, 0.1) is 23.0 Å². The third-order valence-corrected chi connectivity index (χ3v) is 20.5. The summed E-state index contributed by atoms with van der Waals surface area (Å²) in [6.45, 7) is 20.4. The number of aromatic nitrogens is 8. The maximum Gasteiger partial charge on any atom is 0.354 e. The monoisotopic (exact) mass is 1160 g/mol. The Morgan fingerprint density at radius 1 is 0.500 bits per heavy atom. The Morgan fingerprint density at radius 2 is 0.866 bits per heavy atom. The molecule has 0 bridgehead atoms.